The summed E-state index contributed by atoms with van der Waals surface area (Å²) >= 11 is 0. The lowest BCUT2D eigenvalue weighted by Gasteiger charge is -2.32. The molecule has 4 rings (SSSR count). The number of amides is 2. The van der Waals surface area contributed by atoms with Gasteiger partial charge in [-0.2, -0.15) is 5.10 Å². The predicted octanol–water partition coefficient (Wildman–Crippen LogP) is 2.19. The van der Waals surface area contributed by atoms with Gasteiger partial charge in [-0.15, -0.1) is 0 Å². The van der Waals surface area contributed by atoms with Crippen molar-refractivity contribution in [2.75, 3.05) is 24.5 Å². The Hall–Kier alpha value is -3.16. The highest BCUT2D eigenvalue weighted by Gasteiger charge is 2.27. The lowest BCUT2D eigenvalue weighted by atomic mass is 10.0. The van der Waals surface area contributed by atoms with Gasteiger partial charge in [0.2, 0.25) is 5.91 Å². The van der Waals surface area contributed by atoms with E-state index < -0.39 is 5.97 Å². The van der Waals surface area contributed by atoms with Crippen LogP contribution < -0.4 is 4.90 Å². The van der Waals surface area contributed by atoms with Gasteiger partial charge in [-0.25, -0.2) is 4.79 Å². The molecule has 28 heavy (non-hydrogen) atoms. The Bertz CT molecular complexity index is 914. The van der Waals surface area contributed by atoms with Crippen molar-refractivity contribution in [2.24, 2.45) is 0 Å². The molecule has 0 atom stereocenters. The van der Waals surface area contributed by atoms with Crippen LogP contribution in [0.5, 0.6) is 0 Å². The van der Waals surface area contributed by atoms with Crippen molar-refractivity contribution >= 4 is 23.5 Å². The molecule has 0 bridgehead atoms. The van der Waals surface area contributed by atoms with Crippen LogP contribution in [0, 0.1) is 0 Å². The van der Waals surface area contributed by atoms with Crippen molar-refractivity contribution in [1.82, 2.24) is 14.7 Å². The largest absolute Gasteiger partial charge is 0.478 e. The highest BCUT2D eigenvalue weighted by Crippen LogP contribution is 2.26. The van der Waals surface area contributed by atoms with Gasteiger partial charge in [0.05, 0.1) is 17.8 Å². The number of carboxylic acids is 1. The van der Waals surface area contributed by atoms with E-state index in [9.17, 15) is 14.4 Å². The van der Waals surface area contributed by atoms with Gasteiger partial charge in [0.1, 0.15) is 0 Å². The van der Waals surface area contributed by atoms with Crippen LogP contribution >= 0.6 is 0 Å². The number of aromatic carboxylic acids is 1. The number of benzene rings is 1. The summed E-state index contributed by atoms with van der Waals surface area (Å²) in [6, 6.07) is 7.35. The average molecular weight is 382 g/mol. The Morgan fingerprint density at radius 1 is 1.11 bits per heavy atom. The van der Waals surface area contributed by atoms with Crippen LogP contribution in [0.25, 0.3) is 0 Å². The lowest BCUT2D eigenvalue weighted by molar-refractivity contribution is -0.117. The summed E-state index contributed by atoms with van der Waals surface area (Å²) in [4.78, 5) is 39.4. The molecule has 2 aliphatic heterocycles. The van der Waals surface area contributed by atoms with Gasteiger partial charge >= 0.3 is 5.97 Å². The summed E-state index contributed by atoms with van der Waals surface area (Å²) in [5.74, 6) is -0.931. The molecule has 2 saturated heterocycles. The van der Waals surface area contributed by atoms with Crippen molar-refractivity contribution in [2.45, 2.75) is 31.7 Å². The Balaban J connectivity index is 1.41. The van der Waals surface area contributed by atoms with Crippen LogP contribution in [-0.2, 0) is 4.79 Å². The molecule has 1 aromatic heterocycles. The van der Waals surface area contributed by atoms with Gasteiger partial charge in [0.25, 0.3) is 5.91 Å². The molecule has 8 heteroatoms. The molecule has 2 fully saturated rings. The molecule has 2 aromatic rings. The summed E-state index contributed by atoms with van der Waals surface area (Å²) in [7, 11) is 0. The number of rotatable bonds is 4. The number of aromatic nitrogens is 2. The molecule has 0 saturated carbocycles. The van der Waals surface area contributed by atoms with Crippen LogP contribution in [0.2, 0.25) is 0 Å². The summed E-state index contributed by atoms with van der Waals surface area (Å²) in [6.07, 6.45) is 5.74. The Morgan fingerprint density at radius 3 is 2.54 bits per heavy atom. The molecular weight excluding hydrogens is 360 g/mol. The van der Waals surface area contributed by atoms with E-state index in [4.69, 9.17) is 5.11 Å². The van der Waals surface area contributed by atoms with E-state index in [1.165, 1.54) is 6.20 Å². The first-order valence-electron chi connectivity index (χ1n) is 9.50. The van der Waals surface area contributed by atoms with Gasteiger partial charge in [-0.05, 0) is 37.5 Å². The van der Waals surface area contributed by atoms with Crippen molar-refractivity contribution in [3.63, 3.8) is 0 Å². The van der Waals surface area contributed by atoms with Crippen LogP contribution in [0.1, 0.15) is 52.4 Å². The minimum atomic E-state index is -0.991. The van der Waals surface area contributed by atoms with Crippen molar-refractivity contribution < 1.29 is 19.5 Å². The first-order chi connectivity index (χ1) is 13.5. The molecule has 0 aliphatic carbocycles. The maximum absolute atomic E-state index is 12.9. The van der Waals surface area contributed by atoms with Crippen molar-refractivity contribution in [1.29, 1.82) is 0 Å². The monoisotopic (exact) mass is 382 g/mol. The number of likely N-dealkylation sites (tertiary alicyclic amines) is 1. The van der Waals surface area contributed by atoms with Gasteiger partial charge < -0.3 is 14.9 Å². The van der Waals surface area contributed by atoms with Gasteiger partial charge in [-0.1, -0.05) is 6.07 Å². The minimum Gasteiger partial charge on any atom is -0.478 e. The second kappa shape index (κ2) is 7.46. The van der Waals surface area contributed by atoms with Gasteiger partial charge in [0, 0.05) is 43.5 Å². The van der Waals surface area contributed by atoms with E-state index in [2.05, 4.69) is 5.10 Å². The zero-order valence-electron chi connectivity index (χ0n) is 15.5. The standard InChI is InChI=1S/C20H22N4O4/c25-18-5-2-8-23(18)17-4-1-3-14(11-17)19(26)22-9-6-16(7-10-22)24-13-15(12-21-24)20(27)28/h1,3-4,11-13,16H,2,5-10H2,(H,27,28). The fraction of sp³-hybridized carbons (Fsp3) is 0.400. The second-order valence-corrected chi connectivity index (χ2v) is 7.24. The number of hydrogen-bond donors (Lipinski definition) is 1. The molecule has 3 heterocycles. The van der Waals surface area contributed by atoms with E-state index in [1.54, 1.807) is 27.9 Å². The minimum absolute atomic E-state index is 0.0429. The molecule has 1 N–H and O–H groups in total. The predicted molar refractivity (Wildman–Crippen MR) is 101 cm³/mol. The van der Waals surface area contributed by atoms with Gasteiger partial charge in [-0.3, -0.25) is 14.3 Å². The number of anilines is 1. The molecule has 146 valence electrons. The van der Waals surface area contributed by atoms with E-state index >= 15 is 0 Å². The van der Waals surface area contributed by atoms with E-state index in [-0.39, 0.29) is 23.4 Å². The fourth-order valence-corrected chi connectivity index (χ4v) is 3.89. The zero-order valence-corrected chi connectivity index (χ0v) is 15.5. The number of hydrogen-bond acceptors (Lipinski definition) is 4. The molecule has 2 amide bonds. The van der Waals surface area contributed by atoms with E-state index in [0.29, 0.717) is 31.6 Å². The Labute approximate surface area is 162 Å². The first kappa shape index (κ1) is 18.2. The quantitative estimate of drug-likeness (QED) is 0.874. The van der Waals surface area contributed by atoms with Gasteiger partial charge in [0.15, 0.2) is 0 Å². The maximum Gasteiger partial charge on any atom is 0.338 e. The topological polar surface area (TPSA) is 95.7 Å². The third-order valence-corrected chi connectivity index (χ3v) is 5.45. The Morgan fingerprint density at radius 2 is 1.89 bits per heavy atom. The number of carboxylic acid groups (broad SMARTS) is 1. The van der Waals surface area contributed by atoms with Crippen LogP contribution in [0.15, 0.2) is 36.7 Å². The molecule has 8 nitrogen and oxygen atoms in total. The zero-order chi connectivity index (χ0) is 19.7. The summed E-state index contributed by atoms with van der Waals surface area (Å²) in [6.45, 7) is 1.86. The van der Waals surface area contributed by atoms with E-state index in [0.717, 1.165) is 24.9 Å². The van der Waals surface area contributed by atoms with Crippen molar-refractivity contribution in [3.05, 3.63) is 47.8 Å². The summed E-state index contributed by atoms with van der Waals surface area (Å²) in [5.41, 5.74) is 1.54. The van der Waals surface area contributed by atoms with Crippen LogP contribution in [-0.4, -0.2) is 57.2 Å². The summed E-state index contributed by atoms with van der Waals surface area (Å²) in [5, 5.41) is 13.2. The molecule has 1 aromatic carbocycles. The highest BCUT2D eigenvalue weighted by atomic mass is 16.4. The highest BCUT2D eigenvalue weighted by molar-refractivity contribution is 5.99. The summed E-state index contributed by atoms with van der Waals surface area (Å²) < 4.78 is 1.69. The number of carbonyl (C=O) groups excluding carboxylic acids is 2. The maximum atomic E-state index is 12.9. The fourth-order valence-electron chi connectivity index (χ4n) is 3.89. The lowest BCUT2D eigenvalue weighted by Crippen LogP contribution is -2.39. The van der Waals surface area contributed by atoms with Crippen molar-refractivity contribution in [3.8, 4) is 0 Å². The third-order valence-electron chi connectivity index (χ3n) is 5.45. The number of carbonyl (C=O) groups is 3. The van der Waals surface area contributed by atoms with E-state index in [1.807, 2.05) is 17.0 Å². The molecule has 0 spiro atoms. The number of piperidine rings is 1. The van der Waals surface area contributed by atoms with Crippen LogP contribution in [0.4, 0.5) is 5.69 Å². The first-order valence-corrected chi connectivity index (χ1v) is 9.50. The van der Waals surface area contributed by atoms with Crippen LogP contribution in [0.3, 0.4) is 0 Å². The smallest absolute Gasteiger partial charge is 0.338 e. The Kier molecular flexibility index (Phi) is 4.85. The molecule has 0 radical (unpaired) electrons. The number of nitrogens with zero attached hydrogens (tertiary/aromatic N) is 4. The normalized spacial score (nSPS) is 17.9. The third kappa shape index (κ3) is 3.49. The molecular formula is C20H22N4O4. The average Bonchev–Trinajstić information content (AvgIpc) is 3.37. The second-order valence-electron chi connectivity index (χ2n) is 7.24. The molecule has 0 unspecified atom stereocenters. The SMILES string of the molecule is O=C(O)c1cnn(C2CCN(C(=O)c3cccc(N4CCCC4=O)c3)CC2)c1. The molecule has 2 aliphatic rings.